The van der Waals surface area contributed by atoms with E-state index in [0.717, 1.165) is 28.5 Å². The molecule has 0 spiro atoms. The minimum absolute atomic E-state index is 0. The Balaban J connectivity index is 0.00000405. The normalized spacial score (nSPS) is 20.9. The van der Waals surface area contributed by atoms with Gasteiger partial charge in [-0.2, -0.15) is 0 Å². The van der Waals surface area contributed by atoms with Crippen LogP contribution in [0.3, 0.4) is 0 Å². The fourth-order valence-corrected chi connectivity index (χ4v) is 5.36. The van der Waals surface area contributed by atoms with Gasteiger partial charge in [-0.3, -0.25) is 34.2 Å². The molecule has 1 radical (unpaired) electrons. The van der Waals surface area contributed by atoms with Crippen molar-refractivity contribution in [2.24, 2.45) is 0 Å². The Hall–Kier alpha value is -2.55. The molecule has 1 saturated heterocycles. The first-order chi connectivity index (χ1) is 19.9. The van der Waals surface area contributed by atoms with E-state index in [9.17, 15) is 19.8 Å². The SMILES string of the molecule is O=C(O)CN1CCN2CCN(CC(=O)O)CCN(CC1)Cc1cccc(n1)-c1cnnn1CCc1cccc(n1)C2.[Lu]. The van der Waals surface area contributed by atoms with Crippen molar-refractivity contribution in [3.63, 3.8) is 0 Å². The summed E-state index contributed by atoms with van der Waals surface area (Å²) in [6.07, 6.45) is 2.40. The van der Waals surface area contributed by atoms with Crippen LogP contribution in [0.4, 0.5) is 0 Å². The predicted molar refractivity (Wildman–Crippen MR) is 150 cm³/mol. The fourth-order valence-electron chi connectivity index (χ4n) is 5.36. The van der Waals surface area contributed by atoms with Crippen LogP contribution in [0.2, 0.25) is 0 Å². The molecule has 14 heteroatoms. The zero-order valence-electron chi connectivity index (χ0n) is 23.4. The summed E-state index contributed by atoms with van der Waals surface area (Å²) in [6.45, 7) is 6.54. The van der Waals surface area contributed by atoms with Crippen LogP contribution in [0.1, 0.15) is 17.1 Å². The van der Waals surface area contributed by atoms with Crippen LogP contribution in [0.25, 0.3) is 11.4 Å². The number of carboxylic acids is 2. The van der Waals surface area contributed by atoms with Gasteiger partial charge in [0.05, 0.1) is 36.4 Å². The fraction of sp³-hybridized carbons (Fsp3) is 0.500. The van der Waals surface area contributed by atoms with Gasteiger partial charge in [-0.15, -0.1) is 5.10 Å². The number of hydrogen-bond donors (Lipinski definition) is 2. The van der Waals surface area contributed by atoms with Crippen molar-refractivity contribution in [1.82, 2.24) is 44.6 Å². The van der Waals surface area contributed by atoms with Crippen molar-refractivity contribution >= 4 is 11.9 Å². The minimum atomic E-state index is -0.852. The molecule has 0 aromatic carbocycles. The number of carbonyl (C=O) groups is 2. The Morgan fingerprint density at radius 3 is 1.79 bits per heavy atom. The summed E-state index contributed by atoms with van der Waals surface area (Å²) in [6, 6.07) is 11.9. The molecule has 6 rings (SSSR count). The number of carboxylic acid groups (broad SMARTS) is 2. The molecule has 3 aromatic rings. The molecule has 233 valence electrons. The van der Waals surface area contributed by atoms with E-state index >= 15 is 0 Å². The zero-order chi connectivity index (χ0) is 28.6. The molecule has 6 bridgehead atoms. The molecule has 0 unspecified atom stereocenters. The summed E-state index contributed by atoms with van der Waals surface area (Å²) in [7, 11) is 0. The Morgan fingerprint density at radius 2 is 1.21 bits per heavy atom. The maximum Gasteiger partial charge on any atom is 0.317 e. The molecular formula is C28H37LuN9O4. The van der Waals surface area contributed by atoms with Gasteiger partial charge < -0.3 is 10.2 Å². The number of rotatable bonds is 4. The third kappa shape index (κ3) is 9.48. The summed E-state index contributed by atoms with van der Waals surface area (Å²) >= 11 is 0. The number of aromatic nitrogens is 5. The van der Waals surface area contributed by atoms with Gasteiger partial charge in [0.1, 0.15) is 5.69 Å². The number of aliphatic carboxylic acids is 2. The van der Waals surface area contributed by atoms with E-state index < -0.39 is 11.9 Å². The summed E-state index contributed by atoms with van der Waals surface area (Å²) in [4.78, 5) is 41.7. The molecule has 3 aliphatic heterocycles. The summed E-state index contributed by atoms with van der Waals surface area (Å²) in [5.74, 6) is -1.70. The van der Waals surface area contributed by atoms with E-state index in [1.165, 1.54) is 0 Å². The van der Waals surface area contributed by atoms with E-state index in [1.54, 1.807) is 6.20 Å². The number of fused-ring (bicyclic) bond motifs is 9. The molecule has 0 aliphatic carbocycles. The summed E-state index contributed by atoms with van der Waals surface area (Å²) in [5.41, 5.74) is 4.34. The van der Waals surface area contributed by atoms with Crippen molar-refractivity contribution < 1.29 is 56.7 Å². The Labute approximate surface area is 274 Å². The van der Waals surface area contributed by atoms with Gasteiger partial charge in [0.15, 0.2) is 0 Å². The second kappa shape index (κ2) is 15.8. The largest absolute Gasteiger partial charge is 0.480 e. The second-order valence-corrected chi connectivity index (χ2v) is 10.6. The molecular weight excluding hydrogens is 701 g/mol. The predicted octanol–water partition coefficient (Wildman–Crippen LogP) is 0.382. The monoisotopic (exact) mass is 738 g/mol. The van der Waals surface area contributed by atoms with E-state index in [1.807, 2.05) is 50.9 Å². The van der Waals surface area contributed by atoms with E-state index in [2.05, 4.69) is 20.1 Å². The molecule has 13 nitrogen and oxygen atoms in total. The van der Waals surface area contributed by atoms with Gasteiger partial charge in [-0.05, 0) is 24.3 Å². The van der Waals surface area contributed by atoms with Crippen LogP contribution < -0.4 is 0 Å². The molecule has 1 fully saturated rings. The standard InChI is InChI=1S/C28H37N9O4.Lu/c38-27(39)20-35-13-9-33-10-14-36(21-28(40)41)16-12-34(11-15-35)19-24-5-2-6-25(31-24)26-17-29-32-37(26)8-7-22-3-1-4-23(18-33)30-22;/h1-6,17H,7-16,18-21H2,(H,38,39)(H,40,41);. The second-order valence-electron chi connectivity index (χ2n) is 10.6. The Kier molecular flexibility index (Phi) is 12.2. The quantitative estimate of drug-likeness (QED) is 0.382. The van der Waals surface area contributed by atoms with Gasteiger partial charge in [-0.25, -0.2) is 9.67 Å². The Bertz CT molecular complexity index is 1310. The van der Waals surface area contributed by atoms with E-state index in [4.69, 9.17) is 9.97 Å². The molecule has 0 amide bonds. The number of hydrogen-bond acceptors (Lipinski definition) is 10. The smallest absolute Gasteiger partial charge is 0.317 e. The van der Waals surface area contributed by atoms with Crippen molar-refractivity contribution in [2.45, 2.75) is 26.1 Å². The van der Waals surface area contributed by atoms with Crippen molar-refractivity contribution in [2.75, 3.05) is 65.4 Å². The van der Waals surface area contributed by atoms with Crippen LogP contribution in [-0.2, 0) is 35.6 Å². The van der Waals surface area contributed by atoms with Gasteiger partial charge in [0.25, 0.3) is 0 Å². The number of nitrogens with zero attached hydrogens (tertiary/aromatic N) is 9. The maximum absolute atomic E-state index is 11.7. The van der Waals surface area contributed by atoms with Crippen molar-refractivity contribution in [1.29, 1.82) is 0 Å². The third-order valence-electron chi connectivity index (χ3n) is 7.55. The van der Waals surface area contributed by atoms with E-state index in [-0.39, 0.29) is 50.0 Å². The first-order valence-electron chi connectivity index (χ1n) is 14.0. The molecule has 2 N–H and O–H groups in total. The molecule has 3 aromatic heterocycles. The van der Waals surface area contributed by atoms with Gasteiger partial charge in [0.2, 0.25) is 0 Å². The van der Waals surface area contributed by atoms with Crippen molar-refractivity contribution in [3.8, 4) is 11.4 Å². The first kappa shape index (κ1) is 32.4. The van der Waals surface area contributed by atoms with Crippen LogP contribution in [0.15, 0.2) is 42.6 Å². The average Bonchev–Trinajstić information content (AvgIpc) is 3.41. The van der Waals surface area contributed by atoms with E-state index in [0.29, 0.717) is 78.4 Å². The third-order valence-corrected chi connectivity index (χ3v) is 7.55. The topological polar surface area (TPSA) is 144 Å². The molecule has 6 heterocycles. The maximum atomic E-state index is 11.7. The zero-order valence-corrected chi connectivity index (χ0v) is 25.1. The molecule has 0 atom stereocenters. The molecule has 0 saturated carbocycles. The number of aryl methyl sites for hydroxylation is 2. The minimum Gasteiger partial charge on any atom is -0.480 e. The first-order valence-corrected chi connectivity index (χ1v) is 14.0. The van der Waals surface area contributed by atoms with Crippen LogP contribution in [0, 0.1) is 36.9 Å². The van der Waals surface area contributed by atoms with Gasteiger partial charge in [-0.1, -0.05) is 17.3 Å². The van der Waals surface area contributed by atoms with Gasteiger partial charge in [0, 0.05) is 121 Å². The van der Waals surface area contributed by atoms with Crippen LogP contribution in [0.5, 0.6) is 0 Å². The molecule has 3 aliphatic rings. The summed E-state index contributed by atoms with van der Waals surface area (Å²) in [5, 5.41) is 27.6. The molecule has 42 heavy (non-hydrogen) atoms. The van der Waals surface area contributed by atoms with Gasteiger partial charge >= 0.3 is 11.9 Å². The summed E-state index contributed by atoms with van der Waals surface area (Å²) < 4.78 is 1.86. The van der Waals surface area contributed by atoms with Crippen LogP contribution in [-0.4, -0.2) is 132 Å². The van der Waals surface area contributed by atoms with Crippen LogP contribution >= 0.6 is 0 Å². The average molecular weight is 739 g/mol. The number of pyridine rings is 2. The van der Waals surface area contributed by atoms with Crippen molar-refractivity contribution in [3.05, 3.63) is 59.7 Å². The Morgan fingerprint density at radius 1 is 0.690 bits per heavy atom.